The standard InChI is InChI=1S/C14H26N4O2/c1-2-17-7-9-18(10-8-17)11-13(19)16-12-5-3-4-6-15-14(12)20/h12H,2-11H2,1H3,(H,15,20)(H,16,19)/t12-/m1/s1. The van der Waals surface area contributed by atoms with Crippen molar-refractivity contribution in [3.63, 3.8) is 0 Å². The van der Waals surface area contributed by atoms with Crippen LogP contribution in [0.25, 0.3) is 0 Å². The summed E-state index contributed by atoms with van der Waals surface area (Å²) in [6.07, 6.45) is 2.73. The van der Waals surface area contributed by atoms with Gasteiger partial charge in [-0.3, -0.25) is 14.5 Å². The topological polar surface area (TPSA) is 64.7 Å². The van der Waals surface area contributed by atoms with Crippen LogP contribution < -0.4 is 10.6 Å². The third-order valence-corrected chi connectivity index (χ3v) is 4.15. The molecule has 0 bridgehead atoms. The number of amides is 2. The summed E-state index contributed by atoms with van der Waals surface area (Å²) in [4.78, 5) is 28.4. The molecule has 2 fully saturated rings. The minimum Gasteiger partial charge on any atom is -0.354 e. The van der Waals surface area contributed by atoms with Crippen molar-refractivity contribution in [3.05, 3.63) is 0 Å². The number of nitrogens with zero attached hydrogens (tertiary/aromatic N) is 2. The first-order valence-electron chi connectivity index (χ1n) is 7.71. The van der Waals surface area contributed by atoms with Crippen LogP contribution in [-0.4, -0.2) is 73.5 Å². The average molecular weight is 282 g/mol. The van der Waals surface area contributed by atoms with Gasteiger partial charge in [0.2, 0.25) is 11.8 Å². The van der Waals surface area contributed by atoms with Gasteiger partial charge in [0.25, 0.3) is 0 Å². The summed E-state index contributed by atoms with van der Waals surface area (Å²) in [5.74, 6) is -0.0661. The molecule has 2 aliphatic rings. The van der Waals surface area contributed by atoms with E-state index in [9.17, 15) is 9.59 Å². The predicted octanol–water partition coefficient (Wildman–Crippen LogP) is -0.591. The molecular formula is C14H26N4O2. The molecule has 2 saturated heterocycles. The molecule has 2 aliphatic heterocycles. The van der Waals surface area contributed by atoms with E-state index in [1.54, 1.807) is 0 Å². The summed E-state index contributed by atoms with van der Waals surface area (Å²) >= 11 is 0. The fourth-order valence-corrected chi connectivity index (χ4v) is 2.78. The zero-order valence-electron chi connectivity index (χ0n) is 12.4. The Bertz CT molecular complexity index is 340. The van der Waals surface area contributed by atoms with E-state index >= 15 is 0 Å². The van der Waals surface area contributed by atoms with Gasteiger partial charge in [-0.15, -0.1) is 0 Å². The minimum atomic E-state index is -0.345. The smallest absolute Gasteiger partial charge is 0.242 e. The van der Waals surface area contributed by atoms with Gasteiger partial charge in [-0.2, -0.15) is 0 Å². The van der Waals surface area contributed by atoms with Crippen molar-refractivity contribution in [1.82, 2.24) is 20.4 Å². The van der Waals surface area contributed by atoms with E-state index in [-0.39, 0.29) is 17.9 Å². The molecule has 0 aromatic rings. The average Bonchev–Trinajstić information content (AvgIpc) is 2.65. The third-order valence-electron chi connectivity index (χ3n) is 4.15. The Kier molecular flexibility index (Phi) is 5.79. The van der Waals surface area contributed by atoms with Gasteiger partial charge in [0.1, 0.15) is 6.04 Å². The molecule has 6 nitrogen and oxygen atoms in total. The summed E-state index contributed by atoms with van der Waals surface area (Å²) in [7, 11) is 0. The van der Waals surface area contributed by atoms with Crippen LogP contribution in [0.1, 0.15) is 26.2 Å². The van der Waals surface area contributed by atoms with Gasteiger partial charge < -0.3 is 15.5 Å². The molecule has 0 saturated carbocycles. The van der Waals surface area contributed by atoms with Crippen molar-refractivity contribution >= 4 is 11.8 Å². The summed E-state index contributed by atoms with van der Waals surface area (Å²) in [5.41, 5.74) is 0. The largest absolute Gasteiger partial charge is 0.354 e. The van der Waals surface area contributed by atoms with Crippen LogP contribution in [0.2, 0.25) is 0 Å². The Morgan fingerprint density at radius 1 is 1.25 bits per heavy atom. The summed E-state index contributed by atoms with van der Waals surface area (Å²) < 4.78 is 0. The molecule has 0 radical (unpaired) electrons. The fraction of sp³-hybridized carbons (Fsp3) is 0.857. The van der Waals surface area contributed by atoms with Crippen molar-refractivity contribution in [3.8, 4) is 0 Å². The lowest BCUT2D eigenvalue weighted by molar-refractivity contribution is -0.129. The second kappa shape index (κ2) is 7.59. The number of likely N-dealkylation sites (N-methyl/N-ethyl adjacent to an activating group) is 1. The second-order valence-corrected chi connectivity index (χ2v) is 5.62. The highest BCUT2D eigenvalue weighted by molar-refractivity contribution is 5.88. The van der Waals surface area contributed by atoms with Gasteiger partial charge in [-0.25, -0.2) is 0 Å². The van der Waals surface area contributed by atoms with E-state index in [1.807, 2.05) is 0 Å². The zero-order valence-corrected chi connectivity index (χ0v) is 12.4. The van der Waals surface area contributed by atoms with E-state index in [1.165, 1.54) is 0 Å². The Labute approximate surface area is 120 Å². The number of hydrogen-bond donors (Lipinski definition) is 2. The molecule has 20 heavy (non-hydrogen) atoms. The van der Waals surface area contributed by atoms with Crippen LogP contribution in [0, 0.1) is 0 Å². The number of hydrogen-bond acceptors (Lipinski definition) is 4. The Morgan fingerprint density at radius 2 is 1.95 bits per heavy atom. The van der Waals surface area contributed by atoms with Gasteiger partial charge in [0.05, 0.1) is 6.54 Å². The number of carbonyl (C=O) groups excluding carboxylic acids is 2. The number of nitrogens with one attached hydrogen (secondary N) is 2. The fourth-order valence-electron chi connectivity index (χ4n) is 2.78. The molecule has 0 unspecified atom stereocenters. The molecule has 0 aliphatic carbocycles. The first-order valence-corrected chi connectivity index (χ1v) is 7.71. The van der Waals surface area contributed by atoms with Gasteiger partial charge in [0.15, 0.2) is 0 Å². The van der Waals surface area contributed by atoms with Crippen LogP contribution in [0.15, 0.2) is 0 Å². The van der Waals surface area contributed by atoms with Crippen molar-refractivity contribution in [2.75, 3.05) is 45.8 Å². The molecule has 1 atom stereocenters. The molecular weight excluding hydrogens is 256 g/mol. The highest BCUT2D eigenvalue weighted by Crippen LogP contribution is 2.06. The van der Waals surface area contributed by atoms with Gasteiger partial charge in [0, 0.05) is 32.7 Å². The van der Waals surface area contributed by atoms with E-state index in [4.69, 9.17) is 0 Å². The monoisotopic (exact) mass is 282 g/mol. The molecule has 2 heterocycles. The number of piperazine rings is 1. The maximum atomic E-state index is 12.0. The van der Waals surface area contributed by atoms with Crippen molar-refractivity contribution in [1.29, 1.82) is 0 Å². The zero-order chi connectivity index (χ0) is 14.4. The molecule has 0 aromatic carbocycles. The van der Waals surface area contributed by atoms with Gasteiger partial charge >= 0.3 is 0 Å². The minimum absolute atomic E-state index is 0.0306. The van der Waals surface area contributed by atoms with E-state index in [0.717, 1.165) is 58.5 Å². The first kappa shape index (κ1) is 15.3. The van der Waals surface area contributed by atoms with Crippen molar-refractivity contribution in [2.24, 2.45) is 0 Å². The predicted molar refractivity (Wildman–Crippen MR) is 77.3 cm³/mol. The van der Waals surface area contributed by atoms with Gasteiger partial charge in [-0.1, -0.05) is 6.92 Å². The molecule has 0 aromatic heterocycles. The molecule has 0 spiro atoms. The first-order chi connectivity index (χ1) is 9.69. The van der Waals surface area contributed by atoms with E-state index < -0.39 is 0 Å². The van der Waals surface area contributed by atoms with Crippen LogP contribution in [0.3, 0.4) is 0 Å². The normalized spacial score (nSPS) is 25.9. The highest BCUT2D eigenvalue weighted by atomic mass is 16.2. The lowest BCUT2D eigenvalue weighted by Gasteiger charge is -2.33. The highest BCUT2D eigenvalue weighted by Gasteiger charge is 2.24. The molecule has 114 valence electrons. The Hall–Kier alpha value is -1.14. The maximum Gasteiger partial charge on any atom is 0.242 e. The van der Waals surface area contributed by atoms with Crippen LogP contribution >= 0.6 is 0 Å². The number of rotatable bonds is 4. The Morgan fingerprint density at radius 3 is 2.65 bits per heavy atom. The summed E-state index contributed by atoms with van der Waals surface area (Å²) in [6, 6.07) is -0.345. The van der Waals surface area contributed by atoms with Gasteiger partial charge in [-0.05, 0) is 25.8 Å². The number of carbonyl (C=O) groups is 2. The molecule has 2 N–H and O–H groups in total. The van der Waals surface area contributed by atoms with E-state index in [2.05, 4.69) is 27.4 Å². The van der Waals surface area contributed by atoms with Crippen LogP contribution in [0.5, 0.6) is 0 Å². The summed E-state index contributed by atoms with van der Waals surface area (Å²) in [5, 5.41) is 5.72. The van der Waals surface area contributed by atoms with E-state index in [0.29, 0.717) is 6.54 Å². The van der Waals surface area contributed by atoms with Crippen molar-refractivity contribution < 1.29 is 9.59 Å². The molecule has 2 rings (SSSR count). The maximum absolute atomic E-state index is 12.0. The third kappa shape index (κ3) is 4.45. The summed E-state index contributed by atoms with van der Waals surface area (Å²) in [6.45, 7) is 8.26. The second-order valence-electron chi connectivity index (χ2n) is 5.62. The molecule has 2 amide bonds. The quantitative estimate of drug-likeness (QED) is 0.723. The SMILES string of the molecule is CCN1CCN(CC(=O)N[C@@H]2CCCCNC2=O)CC1. The van der Waals surface area contributed by atoms with Crippen LogP contribution in [-0.2, 0) is 9.59 Å². The van der Waals surface area contributed by atoms with Crippen molar-refractivity contribution in [2.45, 2.75) is 32.2 Å². The lowest BCUT2D eigenvalue weighted by Crippen LogP contribution is -2.52. The lowest BCUT2D eigenvalue weighted by atomic mass is 10.1. The van der Waals surface area contributed by atoms with Crippen LogP contribution in [0.4, 0.5) is 0 Å². The Balaban J connectivity index is 1.73. The molecule has 6 heteroatoms.